The van der Waals surface area contributed by atoms with E-state index in [9.17, 15) is 25.5 Å². The molecule has 8 atom stereocenters. The van der Waals surface area contributed by atoms with Crippen molar-refractivity contribution >= 4 is 22.5 Å². The molecular weight excluding hydrogens is 421 g/mol. The molecule has 2 fully saturated rings. The van der Waals surface area contributed by atoms with Crippen molar-refractivity contribution < 1.29 is 47.4 Å². The Kier molecular flexibility index (Phi) is 8.56. The Bertz CT molecular complexity index is 616. The first kappa shape index (κ1) is 23.1. The number of hydrogen-bond donors (Lipinski definition) is 5. The first-order valence-electron chi connectivity index (χ1n) is 8.28. The minimum absolute atomic E-state index is 0. The van der Waals surface area contributed by atoms with E-state index in [1.165, 1.54) is 6.20 Å². The molecule has 3 heterocycles. The molecule has 0 radical (unpaired) electrons. The number of nitrogens with zero attached hydrogens (tertiary/aromatic N) is 1. The molecule has 2 aliphatic rings. The lowest BCUT2D eigenvalue weighted by Crippen LogP contribution is -3.00. The number of hydrogen-bond acceptors (Lipinski definition) is 8. The Labute approximate surface area is 170 Å². The highest BCUT2D eigenvalue weighted by Gasteiger charge is 2.51. The summed E-state index contributed by atoms with van der Waals surface area (Å²) < 4.78 is 11.2. The Hall–Kier alpha value is -0.200. The molecule has 0 aromatic carbocycles. The maximum atomic E-state index is 10.6. The number of aliphatic hydroxyl groups is 5. The molecule has 2 unspecified atom stereocenters. The molecule has 2 aliphatic heterocycles. The summed E-state index contributed by atoms with van der Waals surface area (Å²) in [7, 11) is -0.594. The van der Waals surface area contributed by atoms with Crippen LogP contribution in [-0.2, 0) is 20.4 Å². The van der Waals surface area contributed by atoms with Crippen LogP contribution in [0.1, 0.15) is 11.9 Å². The molecule has 2 saturated heterocycles. The lowest BCUT2D eigenvalue weighted by Gasteiger charge is -2.36. The van der Waals surface area contributed by atoms with Crippen LogP contribution in [0.15, 0.2) is 18.3 Å². The van der Waals surface area contributed by atoms with Crippen LogP contribution in [0.4, 0.5) is 0 Å². The quantitative estimate of drug-likeness (QED) is 0.227. The van der Waals surface area contributed by atoms with Gasteiger partial charge in [-0.05, 0) is 12.1 Å². The summed E-state index contributed by atoms with van der Waals surface area (Å²) in [5.41, 5.74) is 0.622. The van der Waals surface area contributed by atoms with E-state index in [1.54, 1.807) is 12.1 Å². The van der Waals surface area contributed by atoms with Gasteiger partial charge in [-0.2, -0.15) is 0 Å². The number of pyridine rings is 1. The highest BCUT2D eigenvalue weighted by molar-refractivity contribution is 7.97. The minimum atomic E-state index is -1.04. The van der Waals surface area contributed by atoms with Gasteiger partial charge in [0.05, 0.1) is 13.2 Å². The highest BCUT2D eigenvalue weighted by Crippen LogP contribution is 2.31. The van der Waals surface area contributed by atoms with E-state index in [0.29, 0.717) is 11.3 Å². The first-order valence-corrected chi connectivity index (χ1v) is 10.3. The van der Waals surface area contributed by atoms with Crippen LogP contribution in [0.25, 0.3) is 0 Å². The van der Waals surface area contributed by atoms with Crippen molar-refractivity contribution in [1.29, 1.82) is 0 Å². The monoisotopic (exact) mass is 443 g/mol. The summed E-state index contributed by atoms with van der Waals surface area (Å²) >= 11 is 5.87. The van der Waals surface area contributed by atoms with Gasteiger partial charge in [0.2, 0.25) is 0 Å². The van der Waals surface area contributed by atoms with Gasteiger partial charge in [0.25, 0.3) is 0 Å². The maximum Gasteiger partial charge on any atom is 0.184 e. The summed E-state index contributed by atoms with van der Waals surface area (Å²) in [5, 5.41) is 49.7. The van der Waals surface area contributed by atoms with Gasteiger partial charge in [-0.25, -0.2) is 4.98 Å². The van der Waals surface area contributed by atoms with Gasteiger partial charge < -0.3 is 47.4 Å². The third kappa shape index (κ3) is 5.24. The molecule has 1 aromatic rings. The van der Waals surface area contributed by atoms with Crippen LogP contribution in [-0.4, -0.2) is 91.0 Å². The van der Waals surface area contributed by atoms with Gasteiger partial charge in [-0.1, -0.05) is 11.6 Å². The lowest BCUT2D eigenvalue weighted by molar-refractivity contribution is -0.273. The molecule has 1 aromatic heterocycles. The first-order chi connectivity index (χ1) is 12.4. The van der Waals surface area contributed by atoms with Crippen LogP contribution < -0.4 is 12.4 Å². The smallest absolute Gasteiger partial charge is 0.184 e. The molecule has 3 rings (SSSR count). The van der Waals surface area contributed by atoms with Gasteiger partial charge in [0.15, 0.2) is 11.5 Å². The number of aliphatic hydroxyl groups excluding tert-OH is 5. The molecule has 154 valence electrons. The van der Waals surface area contributed by atoms with Crippen LogP contribution in [0.2, 0.25) is 5.15 Å². The molecule has 5 N–H and O–H groups in total. The summed E-state index contributed by atoms with van der Waals surface area (Å²) in [6.07, 6.45) is -4.18. The fourth-order valence-electron chi connectivity index (χ4n) is 3.25. The van der Waals surface area contributed by atoms with E-state index in [2.05, 4.69) is 4.98 Å². The zero-order chi connectivity index (χ0) is 18.8. The third-order valence-electron chi connectivity index (χ3n) is 4.63. The molecule has 0 amide bonds. The predicted octanol–water partition coefficient (Wildman–Crippen LogP) is -4.41. The van der Waals surface area contributed by atoms with Crippen molar-refractivity contribution in [3.8, 4) is 0 Å². The van der Waals surface area contributed by atoms with Crippen molar-refractivity contribution in [2.45, 2.75) is 42.1 Å². The van der Waals surface area contributed by atoms with Gasteiger partial charge in [0.1, 0.15) is 47.2 Å². The number of ether oxygens (including phenoxy) is 2. The van der Waals surface area contributed by atoms with Crippen molar-refractivity contribution in [3.05, 3.63) is 29.0 Å². The molecule has 0 aliphatic carbocycles. The normalized spacial score (nSPS) is 37.6. The topological polar surface area (TPSA) is 132 Å². The van der Waals surface area contributed by atoms with Gasteiger partial charge in [0, 0.05) is 22.7 Å². The van der Waals surface area contributed by atoms with E-state index in [0.717, 1.165) is 0 Å². The van der Waals surface area contributed by atoms with Crippen molar-refractivity contribution in [1.82, 2.24) is 4.98 Å². The third-order valence-corrected chi connectivity index (χ3v) is 7.66. The van der Waals surface area contributed by atoms with Gasteiger partial charge >= 0.3 is 0 Å². The van der Waals surface area contributed by atoms with Crippen LogP contribution in [0, 0.1) is 0 Å². The van der Waals surface area contributed by atoms with Crippen LogP contribution >= 0.6 is 11.6 Å². The summed E-state index contributed by atoms with van der Waals surface area (Å²) in [6.45, 7) is -0.293. The second-order valence-electron chi connectivity index (χ2n) is 6.46. The molecule has 11 heteroatoms. The van der Waals surface area contributed by atoms with Gasteiger partial charge in [-0.3, -0.25) is 0 Å². The molecule has 0 saturated carbocycles. The second-order valence-corrected chi connectivity index (χ2v) is 9.20. The Morgan fingerprint density at radius 2 is 2.04 bits per heavy atom. The molecule has 0 bridgehead atoms. The largest absolute Gasteiger partial charge is 1.00 e. The number of rotatable bonds is 5. The standard InChI is InChI=1S/C16H23ClNO7S.ClH/c17-13-3-8(1-2-18-13)16-24-5-9(20)15(25-16)11(22)7-26-6-10(21)14(23)12(26)4-19;/h1-3,9-12,14-16,19-23H,4-7H2;1H/q+1;/p-1/t9-,10-,11-,12-,14+,15+,16?,26?;/m1./s1. The van der Waals surface area contributed by atoms with E-state index in [1.807, 2.05) is 0 Å². The summed E-state index contributed by atoms with van der Waals surface area (Å²) in [5.74, 6) is 0.497. The Morgan fingerprint density at radius 3 is 2.70 bits per heavy atom. The average Bonchev–Trinajstić information content (AvgIpc) is 2.88. The molecule has 27 heavy (non-hydrogen) atoms. The predicted molar refractivity (Wildman–Crippen MR) is 94.8 cm³/mol. The molecule has 8 nitrogen and oxygen atoms in total. The zero-order valence-corrected chi connectivity index (χ0v) is 16.6. The summed E-state index contributed by atoms with van der Waals surface area (Å²) in [6, 6.07) is 3.26. The van der Waals surface area contributed by atoms with E-state index >= 15 is 0 Å². The van der Waals surface area contributed by atoms with E-state index in [-0.39, 0.29) is 36.5 Å². The molecular formula is C16H23Cl2NO7S. The SMILES string of the molecule is OC[C@@H]1[C@@H](O)[C@H](O)C[S+]1C[C@@H](O)[C@H]1OC(c2ccnc(Cl)c2)OC[C@H]1O.[Cl-]. The highest BCUT2D eigenvalue weighted by atomic mass is 35.5. The maximum absolute atomic E-state index is 10.6. The lowest BCUT2D eigenvalue weighted by atomic mass is 10.1. The molecule has 0 spiro atoms. The van der Waals surface area contributed by atoms with Crippen LogP contribution in [0.5, 0.6) is 0 Å². The van der Waals surface area contributed by atoms with Gasteiger partial charge in [-0.15, -0.1) is 0 Å². The summed E-state index contributed by atoms with van der Waals surface area (Å²) in [4.78, 5) is 3.89. The van der Waals surface area contributed by atoms with E-state index < -0.39 is 53.0 Å². The number of halogens is 2. The van der Waals surface area contributed by atoms with Crippen LogP contribution in [0.3, 0.4) is 0 Å². The zero-order valence-electron chi connectivity index (χ0n) is 14.3. The minimum Gasteiger partial charge on any atom is -1.00 e. The van der Waals surface area contributed by atoms with Crippen molar-refractivity contribution in [2.24, 2.45) is 0 Å². The Morgan fingerprint density at radius 1 is 1.30 bits per heavy atom. The van der Waals surface area contributed by atoms with E-state index in [4.69, 9.17) is 21.1 Å². The average molecular weight is 444 g/mol. The number of aromatic nitrogens is 1. The Balaban J connectivity index is 0.00000261. The fraction of sp³-hybridized carbons (Fsp3) is 0.688. The second kappa shape index (κ2) is 10.0. The van der Waals surface area contributed by atoms with Crippen molar-refractivity contribution in [2.75, 3.05) is 24.7 Å². The fourth-order valence-corrected chi connectivity index (χ4v) is 6.11. The van der Waals surface area contributed by atoms with Crippen molar-refractivity contribution in [3.63, 3.8) is 0 Å².